The molecule has 1 aliphatic carbocycles. The van der Waals surface area contributed by atoms with Gasteiger partial charge in [-0.2, -0.15) is 10.5 Å². The highest BCUT2D eigenvalue weighted by Gasteiger charge is 2.97. The van der Waals surface area contributed by atoms with Gasteiger partial charge < -0.3 is 9.47 Å². The predicted octanol–water partition coefficient (Wildman–Crippen LogP) is -1.17. The third-order valence-electron chi connectivity index (χ3n) is 4.62. The van der Waals surface area contributed by atoms with Crippen LogP contribution < -0.4 is 10.7 Å². The fraction of sp³-hybridized carbons (Fsp3) is 0.769. The molecule has 19 heavy (non-hydrogen) atoms. The second-order valence-electron chi connectivity index (χ2n) is 5.96. The SMILES string of the molecule is CC(C)[C@H]1[C@@]2(C#N)[C@@]3([NH+]=C(N)[C@@]12C#N)OC[C@H](C)O3. The van der Waals surface area contributed by atoms with Gasteiger partial charge in [-0.05, 0) is 12.8 Å². The number of nitrogens with one attached hydrogen (secondary N) is 1. The van der Waals surface area contributed by atoms with Crippen LogP contribution in [0, 0.1) is 45.3 Å². The van der Waals surface area contributed by atoms with E-state index in [-0.39, 0.29) is 17.9 Å². The summed E-state index contributed by atoms with van der Waals surface area (Å²) in [4.78, 5) is 2.93. The standard InChI is InChI=1S/C13H16N4O2/c1-7(2)9-11(5-14)10(16)17-13(12(9,11)6-15)18-4-8(3)19-13/h7-9H,4H2,1-3H3,(H2,16,17)/p+1/t8-,9+,11+,12+,13+/m0/s1. The number of ether oxygens (including phenoxy) is 2. The zero-order valence-corrected chi connectivity index (χ0v) is 11.2. The molecule has 2 aliphatic heterocycles. The number of nitrogens with zero attached hydrogens (tertiary/aromatic N) is 2. The molecule has 0 amide bonds. The van der Waals surface area contributed by atoms with Crippen molar-refractivity contribution in [3.8, 4) is 12.1 Å². The van der Waals surface area contributed by atoms with Crippen LogP contribution in [0.25, 0.3) is 0 Å². The minimum absolute atomic E-state index is 0.131. The summed E-state index contributed by atoms with van der Waals surface area (Å²) < 4.78 is 11.6. The lowest BCUT2D eigenvalue weighted by Gasteiger charge is -2.24. The Hall–Kier alpha value is -1.63. The molecule has 3 aliphatic rings. The highest BCUT2D eigenvalue weighted by molar-refractivity contribution is 5.93. The molecule has 0 radical (unpaired) electrons. The molecule has 0 aromatic rings. The van der Waals surface area contributed by atoms with Crippen molar-refractivity contribution in [2.75, 3.05) is 6.61 Å². The number of rotatable bonds is 1. The maximum atomic E-state index is 9.74. The summed E-state index contributed by atoms with van der Waals surface area (Å²) in [5, 5.41) is 19.4. The van der Waals surface area contributed by atoms with E-state index in [1.165, 1.54) is 0 Å². The van der Waals surface area contributed by atoms with Crippen LogP contribution in [0.2, 0.25) is 0 Å². The van der Waals surface area contributed by atoms with E-state index in [0.717, 1.165) is 0 Å². The molecule has 0 bridgehead atoms. The first-order valence-corrected chi connectivity index (χ1v) is 6.47. The minimum atomic E-state index is -1.27. The molecule has 1 saturated heterocycles. The van der Waals surface area contributed by atoms with E-state index < -0.39 is 16.7 Å². The zero-order chi connectivity index (χ0) is 14.1. The van der Waals surface area contributed by atoms with Gasteiger partial charge in [0.25, 0.3) is 5.84 Å². The Bertz CT molecular complexity index is 560. The lowest BCUT2D eigenvalue weighted by Crippen LogP contribution is -2.90. The molecular formula is C13H17N4O2+. The molecule has 0 aromatic carbocycles. The molecule has 1 saturated carbocycles. The quantitative estimate of drug-likeness (QED) is 0.619. The van der Waals surface area contributed by atoms with E-state index in [9.17, 15) is 10.5 Å². The molecule has 0 unspecified atom stereocenters. The van der Waals surface area contributed by atoms with Gasteiger partial charge >= 0.3 is 5.91 Å². The van der Waals surface area contributed by atoms with Crippen LogP contribution in [0.5, 0.6) is 0 Å². The van der Waals surface area contributed by atoms with Gasteiger partial charge in [0.05, 0.1) is 24.8 Å². The van der Waals surface area contributed by atoms with Gasteiger partial charge in [-0.1, -0.05) is 13.8 Å². The highest BCUT2D eigenvalue weighted by atomic mass is 16.8. The molecule has 6 nitrogen and oxygen atoms in total. The van der Waals surface area contributed by atoms with Crippen molar-refractivity contribution < 1.29 is 14.5 Å². The number of fused-ring (bicyclic) bond motifs is 2. The summed E-state index contributed by atoms with van der Waals surface area (Å²) in [7, 11) is 0. The lowest BCUT2D eigenvalue weighted by molar-refractivity contribution is -0.679. The summed E-state index contributed by atoms with van der Waals surface area (Å²) in [6, 6.07) is 4.53. The molecule has 0 aromatic heterocycles. The molecule has 3 N–H and O–H groups in total. The molecule has 1 spiro atoms. The zero-order valence-electron chi connectivity index (χ0n) is 11.2. The van der Waals surface area contributed by atoms with Gasteiger partial charge in [-0.25, -0.2) is 4.99 Å². The first-order chi connectivity index (χ1) is 8.92. The fourth-order valence-electron chi connectivity index (χ4n) is 4.03. The van der Waals surface area contributed by atoms with E-state index in [1.807, 2.05) is 20.8 Å². The number of hydrogen-bond acceptors (Lipinski definition) is 5. The predicted molar refractivity (Wildman–Crippen MR) is 63.8 cm³/mol. The molecule has 5 atom stereocenters. The summed E-state index contributed by atoms with van der Waals surface area (Å²) in [5.41, 5.74) is 3.95. The van der Waals surface area contributed by atoms with E-state index >= 15 is 0 Å². The van der Waals surface area contributed by atoms with Crippen molar-refractivity contribution in [1.29, 1.82) is 10.5 Å². The molecule has 2 heterocycles. The fourth-order valence-corrected chi connectivity index (χ4v) is 4.03. The van der Waals surface area contributed by atoms with Crippen molar-refractivity contribution in [3.63, 3.8) is 0 Å². The Balaban J connectivity index is 2.19. The first-order valence-electron chi connectivity index (χ1n) is 6.47. The first kappa shape index (κ1) is 12.4. The van der Waals surface area contributed by atoms with Crippen molar-refractivity contribution in [2.45, 2.75) is 32.8 Å². The lowest BCUT2D eigenvalue weighted by atomic mass is 9.93. The van der Waals surface area contributed by atoms with Crippen molar-refractivity contribution >= 4 is 5.84 Å². The average Bonchev–Trinajstić information content (AvgIpc) is 2.77. The van der Waals surface area contributed by atoms with E-state index in [4.69, 9.17) is 15.2 Å². The van der Waals surface area contributed by atoms with Crippen LogP contribution in [0.1, 0.15) is 20.8 Å². The Labute approximate surface area is 111 Å². The third-order valence-corrected chi connectivity index (χ3v) is 4.62. The van der Waals surface area contributed by atoms with Gasteiger partial charge in [0.15, 0.2) is 10.8 Å². The van der Waals surface area contributed by atoms with E-state index in [2.05, 4.69) is 17.1 Å². The van der Waals surface area contributed by atoms with Gasteiger partial charge in [0.1, 0.15) is 0 Å². The maximum absolute atomic E-state index is 9.74. The minimum Gasteiger partial charge on any atom is -0.311 e. The van der Waals surface area contributed by atoms with Crippen LogP contribution in [0.4, 0.5) is 0 Å². The molecule has 2 fully saturated rings. The summed E-state index contributed by atoms with van der Waals surface area (Å²) in [6.07, 6.45) is -0.131. The van der Waals surface area contributed by atoms with Gasteiger partial charge in [-0.15, -0.1) is 0 Å². The highest BCUT2D eigenvalue weighted by Crippen LogP contribution is 2.76. The number of nitriles is 2. The Morgan fingerprint density at radius 3 is 2.47 bits per heavy atom. The topological polar surface area (TPSA) is 106 Å². The number of amidine groups is 1. The van der Waals surface area contributed by atoms with Gasteiger partial charge in [-0.3, -0.25) is 5.73 Å². The van der Waals surface area contributed by atoms with E-state index in [1.54, 1.807) is 0 Å². The van der Waals surface area contributed by atoms with Crippen LogP contribution >= 0.6 is 0 Å². The number of nitrogens with two attached hydrogens (primary N) is 1. The van der Waals surface area contributed by atoms with Crippen LogP contribution in [-0.2, 0) is 9.47 Å². The molecule has 3 rings (SSSR count). The van der Waals surface area contributed by atoms with Crippen LogP contribution in [-0.4, -0.2) is 24.5 Å². The van der Waals surface area contributed by atoms with Crippen LogP contribution in [0.3, 0.4) is 0 Å². The summed E-state index contributed by atoms with van der Waals surface area (Å²) in [5.74, 6) is -1.01. The van der Waals surface area contributed by atoms with Crippen molar-refractivity contribution in [2.24, 2.45) is 28.4 Å². The second kappa shape index (κ2) is 3.27. The monoisotopic (exact) mass is 261 g/mol. The summed E-state index contributed by atoms with van der Waals surface area (Å²) in [6.45, 7) is 6.23. The molecular weight excluding hydrogens is 244 g/mol. The Morgan fingerprint density at radius 2 is 2.11 bits per heavy atom. The van der Waals surface area contributed by atoms with Crippen molar-refractivity contribution in [1.82, 2.24) is 0 Å². The molecule has 6 heteroatoms. The van der Waals surface area contributed by atoms with Crippen LogP contribution in [0.15, 0.2) is 0 Å². The smallest absolute Gasteiger partial charge is 0.311 e. The average molecular weight is 261 g/mol. The Morgan fingerprint density at radius 1 is 1.42 bits per heavy atom. The normalized spacial score (nSPS) is 50.7. The van der Waals surface area contributed by atoms with E-state index in [0.29, 0.717) is 12.4 Å². The second-order valence-corrected chi connectivity index (χ2v) is 5.96. The largest absolute Gasteiger partial charge is 0.343 e. The Kier molecular flexibility index (Phi) is 2.14. The maximum Gasteiger partial charge on any atom is 0.343 e. The molecule has 100 valence electrons. The third kappa shape index (κ3) is 0.992. The van der Waals surface area contributed by atoms with Crippen molar-refractivity contribution in [3.05, 3.63) is 0 Å². The van der Waals surface area contributed by atoms with Gasteiger partial charge in [0, 0.05) is 5.92 Å². The van der Waals surface area contributed by atoms with Gasteiger partial charge in [0.2, 0.25) is 0 Å². The summed E-state index contributed by atoms with van der Waals surface area (Å²) >= 11 is 0. The number of hydrogen-bond donors (Lipinski definition) is 2.